The third kappa shape index (κ3) is 17.9. The van der Waals surface area contributed by atoms with Gasteiger partial charge in [0.25, 0.3) is 0 Å². The monoisotopic (exact) mass is 394 g/mol. The zero-order valence-electron chi connectivity index (χ0n) is 18.7. The van der Waals surface area contributed by atoms with Gasteiger partial charge in [0.2, 0.25) is 0 Å². The highest BCUT2D eigenvalue weighted by Crippen LogP contribution is 2.11. The predicted octanol–water partition coefficient (Wildman–Crippen LogP) is 6.21. The minimum Gasteiger partial charge on any atom is -0.466 e. The van der Waals surface area contributed by atoms with E-state index in [1.54, 1.807) is 0 Å². The van der Waals surface area contributed by atoms with E-state index < -0.39 is 0 Å². The number of hydrogen-bond donors (Lipinski definition) is 0. The fourth-order valence-electron chi connectivity index (χ4n) is 2.87. The molecule has 162 valence electrons. The highest BCUT2D eigenvalue weighted by molar-refractivity contribution is 5.72. The molecular formula is C24H42O4. The Bertz CT molecular complexity index is 459. The maximum atomic E-state index is 12.0. The summed E-state index contributed by atoms with van der Waals surface area (Å²) < 4.78 is 10.7. The van der Waals surface area contributed by atoms with Crippen LogP contribution in [0.4, 0.5) is 0 Å². The maximum Gasteiger partial charge on any atom is 0.307 e. The van der Waals surface area contributed by atoms with Crippen molar-refractivity contribution < 1.29 is 19.1 Å². The molecule has 0 radical (unpaired) electrons. The van der Waals surface area contributed by atoms with Gasteiger partial charge in [-0.15, -0.1) is 0 Å². The first kappa shape index (κ1) is 26.5. The van der Waals surface area contributed by atoms with Gasteiger partial charge in [-0.3, -0.25) is 9.59 Å². The Balaban J connectivity index is 3.74. The normalized spacial score (nSPS) is 11.6. The molecule has 0 aromatic carbocycles. The van der Waals surface area contributed by atoms with Gasteiger partial charge in [0, 0.05) is 19.3 Å². The fraction of sp³-hybridized carbons (Fsp3) is 0.833. The molecule has 0 rings (SSSR count). The largest absolute Gasteiger partial charge is 0.466 e. The van der Waals surface area contributed by atoms with E-state index in [1.807, 2.05) is 6.92 Å². The summed E-state index contributed by atoms with van der Waals surface area (Å²) >= 11 is 0. The van der Waals surface area contributed by atoms with Crippen molar-refractivity contribution in [1.29, 1.82) is 0 Å². The molecule has 0 fully saturated rings. The van der Waals surface area contributed by atoms with Gasteiger partial charge in [0.1, 0.15) is 0 Å². The van der Waals surface area contributed by atoms with Crippen molar-refractivity contribution in [2.24, 2.45) is 5.92 Å². The number of unbranched alkanes of at least 4 members (excludes halogenated alkanes) is 7. The Kier molecular flexibility index (Phi) is 17.8. The van der Waals surface area contributed by atoms with Crippen molar-refractivity contribution in [3.63, 3.8) is 0 Å². The summed E-state index contributed by atoms with van der Waals surface area (Å²) in [6.45, 7) is 8.85. The van der Waals surface area contributed by atoms with E-state index in [9.17, 15) is 9.59 Å². The molecule has 4 nitrogen and oxygen atoms in total. The number of hydrogen-bond acceptors (Lipinski definition) is 4. The van der Waals surface area contributed by atoms with Crippen molar-refractivity contribution in [3.8, 4) is 11.8 Å². The molecule has 0 saturated carbocycles. The molecule has 28 heavy (non-hydrogen) atoms. The van der Waals surface area contributed by atoms with Crippen molar-refractivity contribution in [2.45, 2.75) is 117 Å². The Morgan fingerprint density at radius 1 is 0.821 bits per heavy atom. The lowest BCUT2D eigenvalue weighted by Crippen LogP contribution is -2.19. The van der Waals surface area contributed by atoms with E-state index in [2.05, 4.69) is 32.6 Å². The minimum absolute atomic E-state index is 0.222. The van der Waals surface area contributed by atoms with Gasteiger partial charge in [-0.05, 0) is 25.2 Å². The molecule has 0 N–H and O–H groups in total. The molecule has 0 bridgehead atoms. The number of esters is 2. The van der Waals surface area contributed by atoms with E-state index in [0.29, 0.717) is 18.9 Å². The zero-order chi connectivity index (χ0) is 21.0. The Morgan fingerprint density at radius 3 is 2.04 bits per heavy atom. The summed E-state index contributed by atoms with van der Waals surface area (Å²) in [6, 6.07) is 0. The number of rotatable bonds is 16. The molecule has 0 heterocycles. The van der Waals surface area contributed by atoms with E-state index in [0.717, 1.165) is 25.7 Å². The third-order valence-corrected chi connectivity index (χ3v) is 4.42. The first-order valence-electron chi connectivity index (χ1n) is 11.3. The summed E-state index contributed by atoms with van der Waals surface area (Å²) in [4.78, 5) is 23.7. The van der Waals surface area contributed by atoms with Crippen LogP contribution in [-0.4, -0.2) is 24.6 Å². The molecule has 1 atom stereocenters. The van der Waals surface area contributed by atoms with Gasteiger partial charge in [-0.25, -0.2) is 0 Å². The van der Waals surface area contributed by atoms with Crippen LogP contribution < -0.4 is 0 Å². The zero-order valence-corrected chi connectivity index (χ0v) is 18.7. The van der Waals surface area contributed by atoms with E-state index in [-0.39, 0.29) is 30.9 Å². The quantitative estimate of drug-likeness (QED) is 0.177. The van der Waals surface area contributed by atoms with E-state index in [1.165, 1.54) is 38.5 Å². The predicted molar refractivity (Wildman–Crippen MR) is 115 cm³/mol. The Hall–Kier alpha value is -1.50. The van der Waals surface area contributed by atoms with Crippen LogP contribution in [0, 0.1) is 17.8 Å². The van der Waals surface area contributed by atoms with Crippen LogP contribution in [0.2, 0.25) is 0 Å². The van der Waals surface area contributed by atoms with Crippen LogP contribution >= 0.6 is 0 Å². The van der Waals surface area contributed by atoms with Crippen LogP contribution in [0.5, 0.6) is 0 Å². The van der Waals surface area contributed by atoms with Crippen LogP contribution in [0.25, 0.3) is 0 Å². The average molecular weight is 395 g/mol. The van der Waals surface area contributed by atoms with Crippen molar-refractivity contribution in [2.75, 3.05) is 6.61 Å². The van der Waals surface area contributed by atoms with Crippen molar-refractivity contribution in [3.05, 3.63) is 0 Å². The van der Waals surface area contributed by atoms with Crippen LogP contribution in [0.3, 0.4) is 0 Å². The topological polar surface area (TPSA) is 52.6 Å². The second-order valence-electron chi connectivity index (χ2n) is 7.83. The number of carbonyl (C=O) groups excluding carboxylic acids is 2. The standard InChI is InChI=1S/C24H42O4/c1-5-7-9-10-11-12-13-14-19-27-23(25)17-15-18-24(26)28-22(16-8-6-2)20-21(3)4/h21-22H,5-7,9-15,17-20H2,1-4H3. The average Bonchev–Trinajstić information content (AvgIpc) is 2.64. The summed E-state index contributed by atoms with van der Waals surface area (Å²) in [5, 5.41) is 0. The molecule has 4 heteroatoms. The molecule has 0 amide bonds. The lowest BCUT2D eigenvalue weighted by Gasteiger charge is -2.14. The van der Waals surface area contributed by atoms with Gasteiger partial charge in [-0.2, -0.15) is 0 Å². The van der Waals surface area contributed by atoms with E-state index >= 15 is 0 Å². The molecule has 0 aliphatic rings. The first-order valence-corrected chi connectivity index (χ1v) is 11.3. The summed E-state index contributed by atoms with van der Waals surface area (Å²) in [5.41, 5.74) is 0. The van der Waals surface area contributed by atoms with Crippen LogP contribution in [-0.2, 0) is 19.1 Å². The maximum absolute atomic E-state index is 12.0. The molecule has 0 aromatic heterocycles. The molecule has 0 aliphatic heterocycles. The lowest BCUT2D eigenvalue weighted by atomic mass is 10.1. The molecule has 0 aliphatic carbocycles. The van der Waals surface area contributed by atoms with Crippen LogP contribution in [0.15, 0.2) is 0 Å². The SMILES string of the molecule is CCC#CC(CC(C)C)OC(=O)CCCC(=O)OCCCCCCCCCC. The minimum atomic E-state index is -0.346. The van der Waals surface area contributed by atoms with Gasteiger partial charge in [0.05, 0.1) is 6.61 Å². The highest BCUT2D eigenvalue weighted by atomic mass is 16.5. The Labute approximate surface area is 173 Å². The highest BCUT2D eigenvalue weighted by Gasteiger charge is 2.14. The third-order valence-electron chi connectivity index (χ3n) is 4.42. The fourth-order valence-corrected chi connectivity index (χ4v) is 2.87. The summed E-state index contributed by atoms with van der Waals surface area (Å²) in [7, 11) is 0. The number of ether oxygens (including phenoxy) is 2. The molecule has 0 saturated heterocycles. The van der Waals surface area contributed by atoms with Crippen molar-refractivity contribution in [1.82, 2.24) is 0 Å². The van der Waals surface area contributed by atoms with Crippen LogP contribution in [0.1, 0.15) is 111 Å². The molecule has 0 aromatic rings. The van der Waals surface area contributed by atoms with Gasteiger partial charge >= 0.3 is 11.9 Å². The number of carbonyl (C=O) groups is 2. The lowest BCUT2D eigenvalue weighted by molar-refractivity contribution is -0.147. The van der Waals surface area contributed by atoms with Gasteiger partial charge in [0.15, 0.2) is 6.10 Å². The molecular weight excluding hydrogens is 352 g/mol. The van der Waals surface area contributed by atoms with Gasteiger partial charge in [-0.1, -0.05) is 84.5 Å². The second-order valence-corrected chi connectivity index (χ2v) is 7.83. The first-order chi connectivity index (χ1) is 13.5. The van der Waals surface area contributed by atoms with Crippen molar-refractivity contribution >= 4 is 11.9 Å². The second kappa shape index (κ2) is 18.8. The smallest absolute Gasteiger partial charge is 0.307 e. The molecule has 1 unspecified atom stereocenters. The van der Waals surface area contributed by atoms with E-state index in [4.69, 9.17) is 9.47 Å². The van der Waals surface area contributed by atoms with Gasteiger partial charge < -0.3 is 9.47 Å². The molecule has 0 spiro atoms. The summed E-state index contributed by atoms with van der Waals surface area (Å²) in [6.07, 6.45) is 11.9. The summed E-state index contributed by atoms with van der Waals surface area (Å²) in [5.74, 6) is 5.89. The Morgan fingerprint density at radius 2 is 1.43 bits per heavy atom.